The number of hydrogen-bond donors (Lipinski definition) is 1. The molecule has 4 heteroatoms. The molecule has 0 aliphatic heterocycles. The second-order valence-electron chi connectivity index (χ2n) is 3.27. The van der Waals surface area contributed by atoms with E-state index in [-0.39, 0.29) is 0 Å². The van der Waals surface area contributed by atoms with Crippen LogP contribution in [0, 0.1) is 3.57 Å². The summed E-state index contributed by atoms with van der Waals surface area (Å²) in [6.45, 7) is 0.648. The van der Waals surface area contributed by atoms with Crippen LogP contribution in [0.5, 0.6) is 0 Å². The number of aromatic nitrogens is 2. The Hall–Kier alpha value is -0.880. The summed E-state index contributed by atoms with van der Waals surface area (Å²) in [5.74, 6) is 0. The molecular weight excluding hydrogens is 301 g/mol. The number of halogens is 1. The van der Waals surface area contributed by atoms with Gasteiger partial charge in [0.05, 0.1) is 6.33 Å². The van der Waals surface area contributed by atoms with Gasteiger partial charge in [-0.25, -0.2) is 4.98 Å². The van der Waals surface area contributed by atoms with Crippen LogP contribution in [0.4, 0.5) is 0 Å². The zero-order valence-electron chi connectivity index (χ0n) is 8.23. The molecule has 0 amide bonds. The number of imidazole rings is 1. The maximum absolute atomic E-state index is 5.55. The molecule has 1 aromatic carbocycles. The highest BCUT2D eigenvalue weighted by Gasteiger charge is 2.03. The highest BCUT2D eigenvalue weighted by Crippen LogP contribution is 2.14. The molecule has 3 nitrogen and oxygen atoms in total. The minimum absolute atomic E-state index is 0.648. The molecule has 0 unspecified atom stereocenters. The minimum Gasteiger partial charge on any atom is -0.330 e. The van der Waals surface area contributed by atoms with Crippen molar-refractivity contribution in [3.63, 3.8) is 0 Å². The molecule has 0 atom stereocenters. The van der Waals surface area contributed by atoms with Crippen LogP contribution in [-0.4, -0.2) is 16.1 Å². The molecule has 0 spiro atoms. The number of nitrogens with two attached hydrogens (primary N) is 1. The van der Waals surface area contributed by atoms with Gasteiger partial charge in [-0.1, -0.05) is 6.07 Å². The fourth-order valence-electron chi connectivity index (χ4n) is 1.51. The van der Waals surface area contributed by atoms with Crippen LogP contribution in [0.3, 0.4) is 0 Å². The molecule has 2 aromatic rings. The van der Waals surface area contributed by atoms with Crippen LogP contribution in [0.25, 0.3) is 5.69 Å². The van der Waals surface area contributed by atoms with Gasteiger partial charge < -0.3 is 10.3 Å². The van der Waals surface area contributed by atoms with Gasteiger partial charge in [-0.05, 0) is 47.3 Å². The monoisotopic (exact) mass is 313 g/mol. The summed E-state index contributed by atoms with van der Waals surface area (Å²) in [5.41, 5.74) is 7.85. The second kappa shape index (κ2) is 4.76. The third-order valence-corrected chi connectivity index (χ3v) is 2.87. The van der Waals surface area contributed by atoms with E-state index in [0.717, 1.165) is 17.8 Å². The van der Waals surface area contributed by atoms with Crippen molar-refractivity contribution in [3.05, 3.63) is 46.1 Å². The van der Waals surface area contributed by atoms with Crippen molar-refractivity contribution in [2.75, 3.05) is 6.54 Å². The molecule has 0 saturated carbocycles. The van der Waals surface area contributed by atoms with E-state index in [0.29, 0.717) is 6.54 Å². The molecule has 2 rings (SSSR count). The van der Waals surface area contributed by atoms with Crippen molar-refractivity contribution in [2.45, 2.75) is 6.42 Å². The zero-order chi connectivity index (χ0) is 10.7. The van der Waals surface area contributed by atoms with Gasteiger partial charge in [0, 0.05) is 27.6 Å². The van der Waals surface area contributed by atoms with Gasteiger partial charge in [-0.3, -0.25) is 0 Å². The third-order valence-electron chi connectivity index (χ3n) is 2.20. The van der Waals surface area contributed by atoms with E-state index in [1.807, 2.05) is 18.6 Å². The Morgan fingerprint density at radius 3 is 3.00 bits per heavy atom. The molecule has 1 aromatic heterocycles. The van der Waals surface area contributed by atoms with Gasteiger partial charge in [-0.2, -0.15) is 0 Å². The summed E-state index contributed by atoms with van der Waals surface area (Å²) in [6.07, 6.45) is 4.55. The summed E-state index contributed by atoms with van der Waals surface area (Å²) in [5, 5.41) is 0. The molecule has 0 aliphatic carbocycles. The summed E-state index contributed by atoms with van der Waals surface area (Å²) >= 11 is 2.30. The molecular formula is C11H12IN3. The van der Waals surface area contributed by atoms with Crippen LogP contribution in [-0.2, 0) is 6.42 Å². The number of hydrogen-bond acceptors (Lipinski definition) is 2. The topological polar surface area (TPSA) is 43.8 Å². The molecule has 0 radical (unpaired) electrons. The second-order valence-corrected chi connectivity index (χ2v) is 4.52. The maximum Gasteiger partial charge on any atom is 0.0994 e. The maximum atomic E-state index is 5.55. The Kier molecular flexibility index (Phi) is 3.37. The van der Waals surface area contributed by atoms with Gasteiger partial charge >= 0.3 is 0 Å². The molecule has 1 heterocycles. The van der Waals surface area contributed by atoms with Crippen molar-refractivity contribution < 1.29 is 0 Å². The Morgan fingerprint density at radius 1 is 1.40 bits per heavy atom. The summed E-state index contributed by atoms with van der Waals surface area (Å²) in [7, 11) is 0. The minimum atomic E-state index is 0.648. The summed E-state index contributed by atoms with van der Waals surface area (Å²) in [4.78, 5) is 4.15. The van der Waals surface area contributed by atoms with E-state index in [2.05, 4.69) is 50.3 Å². The molecule has 0 aliphatic rings. The molecule has 0 saturated heterocycles. The smallest absolute Gasteiger partial charge is 0.0994 e. The van der Waals surface area contributed by atoms with Gasteiger partial charge in [0.1, 0.15) is 0 Å². The fraction of sp³-hybridized carbons (Fsp3) is 0.182. The van der Waals surface area contributed by atoms with Crippen molar-refractivity contribution in [3.8, 4) is 5.69 Å². The zero-order valence-corrected chi connectivity index (χ0v) is 10.4. The first-order chi connectivity index (χ1) is 7.31. The van der Waals surface area contributed by atoms with E-state index in [9.17, 15) is 0 Å². The normalized spacial score (nSPS) is 10.5. The predicted molar refractivity (Wildman–Crippen MR) is 69.0 cm³/mol. The lowest BCUT2D eigenvalue weighted by Crippen LogP contribution is -2.07. The fourth-order valence-corrected chi connectivity index (χ4v) is 2.04. The van der Waals surface area contributed by atoms with Crippen LogP contribution in [0.2, 0.25) is 0 Å². The quantitative estimate of drug-likeness (QED) is 0.881. The van der Waals surface area contributed by atoms with Gasteiger partial charge in [-0.15, -0.1) is 0 Å². The lowest BCUT2D eigenvalue weighted by Gasteiger charge is -2.07. The number of benzene rings is 1. The molecule has 78 valence electrons. The molecule has 2 N–H and O–H groups in total. The number of nitrogens with zero attached hydrogens (tertiary/aromatic N) is 2. The molecule has 0 fully saturated rings. The van der Waals surface area contributed by atoms with Gasteiger partial charge in [0.15, 0.2) is 0 Å². The van der Waals surface area contributed by atoms with Gasteiger partial charge in [0.2, 0.25) is 0 Å². The lowest BCUT2D eigenvalue weighted by molar-refractivity contribution is 0.873. The predicted octanol–water partition coefficient (Wildman–Crippen LogP) is 1.98. The Labute approximate surface area is 102 Å². The van der Waals surface area contributed by atoms with Crippen molar-refractivity contribution in [2.24, 2.45) is 5.73 Å². The molecule has 0 bridgehead atoms. The van der Waals surface area contributed by atoms with E-state index in [1.165, 1.54) is 3.57 Å². The standard InChI is InChI=1S/C11H12IN3/c12-9-2-1-3-10(6-9)15-8-14-7-11(15)4-5-13/h1-3,6-8H,4-5,13H2. The Bertz CT molecular complexity index is 451. The average Bonchev–Trinajstić information content (AvgIpc) is 2.66. The number of rotatable bonds is 3. The van der Waals surface area contributed by atoms with E-state index in [1.54, 1.807) is 0 Å². The Balaban J connectivity index is 2.40. The van der Waals surface area contributed by atoms with Crippen LogP contribution >= 0.6 is 22.6 Å². The third kappa shape index (κ3) is 2.38. The van der Waals surface area contributed by atoms with Crippen molar-refractivity contribution in [1.82, 2.24) is 9.55 Å². The highest BCUT2D eigenvalue weighted by molar-refractivity contribution is 14.1. The van der Waals surface area contributed by atoms with Gasteiger partial charge in [0.25, 0.3) is 0 Å². The first-order valence-electron chi connectivity index (χ1n) is 4.78. The van der Waals surface area contributed by atoms with Crippen molar-refractivity contribution >= 4 is 22.6 Å². The van der Waals surface area contributed by atoms with Crippen LogP contribution in [0.15, 0.2) is 36.8 Å². The molecule has 15 heavy (non-hydrogen) atoms. The average molecular weight is 313 g/mol. The highest BCUT2D eigenvalue weighted by atomic mass is 127. The SMILES string of the molecule is NCCc1cncn1-c1cccc(I)c1. The van der Waals surface area contributed by atoms with E-state index in [4.69, 9.17) is 5.73 Å². The van der Waals surface area contributed by atoms with Crippen LogP contribution in [0.1, 0.15) is 5.69 Å². The largest absolute Gasteiger partial charge is 0.330 e. The Morgan fingerprint density at radius 2 is 2.27 bits per heavy atom. The van der Waals surface area contributed by atoms with Crippen molar-refractivity contribution in [1.29, 1.82) is 0 Å². The van der Waals surface area contributed by atoms with Crippen LogP contribution < -0.4 is 5.73 Å². The summed E-state index contributed by atoms with van der Waals surface area (Å²) < 4.78 is 3.30. The lowest BCUT2D eigenvalue weighted by atomic mass is 10.3. The first kappa shape index (κ1) is 10.6. The first-order valence-corrected chi connectivity index (χ1v) is 5.86. The summed E-state index contributed by atoms with van der Waals surface area (Å²) in [6, 6.07) is 8.32. The van der Waals surface area contributed by atoms with E-state index >= 15 is 0 Å². The van der Waals surface area contributed by atoms with E-state index < -0.39 is 0 Å².